The zero-order chi connectivity index (χ0) is 5.82. The van der Waals surface area contributed by atoms with Gasteiger partial charge in [-0.05, 0) is 0 Å². The van der Waals surface area contributed by atoms with Crippen LogP contribution in [0.15, 0.2) is 30.3 Å². The second kappa shape index (κ2) is 3.80. The van der Waals surface area contributed by atoms with E-state index in [-0.39, 0.29) is 0 Å². The molecule has 0 saturated carbocycles. The van der Waals surface area contributed by atoms with E-state index in [1.165, 1.54) is 6.08 Å². The maximum atomic E-state index is 2.19. The van der Waals surface area contributed by atoms with Crippen molar-refractivity contribution in [3.8, 4) is 0 Å². The summed E-state index contributed by atoms with van der Waals surface area (Å²) >= 11 is 0.967. The maximum absolute atomic E-state index is 2.19. The van der Waals surface area contributed by atoms with Crippen molar-refractivity contribution in [2.45, 2.75) is 0.515 Å². The minimum absolute atomic E-state index is 0.967. The van der Waals surface area contributed by atoms with Gasteiger partial charge in [-0.2, -0.15) is 0 Å². The third-order valence-corrected chi connectivity index (χ3v) is 2.53. The predicted octanol–water partition coefficient (Wildman–Crippen LogP) is 1.36. The van der Waals surface area contributed by atoms with Crippen LogP contribution in [0, 0.1) is 0 Å². The molecule has 0 aliphatic rings. The fourth-order valence-corrected chi connectivity index (χ4v) is 1.45. The summed E-state index contributed by atoms with van der Waals surface area (Å²) in [5.41, 5.74) is 1.49. The predicted molar refractivity (Wildman–Crippen MR) is 35.9 cm³/mol. The second-order valence-corrected chi connectivity index (χ2v) is 2.94. The molecule has 1 aromatic rings. The molecule has 8 heavy (non-hydrogen) atoms. The van der Waals surface area contributed by atoms with Crippen molar-refractivity contribution in [1.82, 2.24) is 0 Å². The van der Waals surface area contributed by atoms with Crippen LogP contribution in [0.1, 0.15) is 5.56 Å². The Bertz CT molecular complexity index is 146. The van der Waals surface area contributed by atoms with E-state index in [1.54, 1.807) is 0 Å². The molecule has 1 heteroatoms. The molecule has 0 nitrogen and oxygen atoms in total. The summed E-state index contributed by atoms with van der Waals surface area (Å²) in [4.78, 5) is 0. The molecule has 0 aromatic heterocycles. The van der Waals surface area contributed by atoms with Crippen molar-refractivity contribution in [2.24, 2.45) is 0 Å². The summed E-state index contributed by atoms with van der Waals surface area (Å²) in [5.74, 6) is 0. The normalized spacial score (nSPS) is 9.25. The Balaban J connectivity index is 2.83. The quantitative estimate of drug-likeness (QED) is 0.503. The Hall–Kier alpha value is 0.856. The molecule has 0 saturated heterocycles. The molecule has 0 fully saturated rings. The van der Waals surface area contributed by atoms with Crippen LogP contribution in [-0.2, 0) is 0.515 Å². The van der Waals surface area contributed by atoms with Crippen LogP contribution in [-0.4, -0.2) is 49.0 Å². The molecular weight excluding hydrogens is 123 g/mol. The molecule has 0 aliphatic heterocycles. The number of hydrogen-bond donors (Lipinski definition) is 0. The second-order valence-electron chi connectivity index (χ2n) is 1.84. The molecule has 1 rings (SSSR count). The van der Waals surface area contributed by atoms with Gasteiger partial charge in [-0.1, -0.05) is 0 Å². The van der Waals surface area contributed by atoms with Crippen molar-refractivity contribution in [1.29, 1.82) is 0 Å². The monoisotopic (exact) mass is 130 g/mol. The van der Waals surface area contributed by atoms with Crippen LogP contribution in [0.2, 0.25) is 0 Å². The van der Waals surface area contributed by atoms with E-state index >= 15 is 0 Å². The van der Waals surface area contributed by atoms with Gasteiger partial charge in [0.25, 0.3) is 0 Å². The van der Waals surface area contributed by atoms with Crippen molar-refractivity contribution in [3.05, 3.63) is 35.9 Å². The van der Waals surface area contributed by atoms with Crippen LogP contribution in [0.4, 0.5) is 0 Å². The fraction of sp³-hybridized carbons (Fsp3) is 0.143. The molecule has 0 heterocycles. The van der Waals surface area contributed by atoms with Crippen LogP contribution in [0.3, 0.4) is 0 Å². The standard InChI is InChI=1S/C7H7.K/c1-7-5-3-2-4-6-7;/h2-6H,1H2;. The van der Waals surface area contributed by atoms with Gasteiger partial charge in [-0.3, -0.25) is 0 Å². The molecule has 0 radical (unpaired) electrons. The van der Waals surface area contributed by atoms with Crippen LogP contribution in [0.5, 0.6) is 0 Å². The van der Waals surface area contributed by atoms with E-state index in [1.807, 2.05) is 0 Å². The van der Waals surface area contributed by atoms with Gasteiger partial charge < -0.3 is 0 Å². The minimum atomic E-state index is 0.967. The van der Waals surface area contributed by atoms with Gasteiger partial charge in [-0.25, -0.2) is 0 Å². The van der Waals surface area contributed by atoms with Gasteiger partial charge in [0, 0.05) is 0 Å². The first-order chi connectivity index (χ1) is 3.93. The fourth-order valence-electron chi connectivity index (χ4n) is 0.714. The summed E-state index contributed by atoms with van der Waals surface area (Å²) in [6.07, 6.45) is 0. The molecule has 0 atom stereocenters. The number of hydrogen-bond acceptors (Lipinski definition) is 0. The molecular formula is C7H7K. The average Bonchev–Trinajstić information content (AvgIpc) is 1.90. The zero-order valence-corrected chi connectivity index (χ0v) is 8.22. The van der Waals surface area contributed by atoms with Gasteiger partial charge in [-0.15, -0.1) is 0 Å². The summed E-state index contributed by atoms with van der Waals surface area (Å²) in [6.45, 7) is 0. The summed E-state index contributed by atoms with van der Waals surface area (Å²) < 4.78 is 1.33. The molecule has 0 amide bonds. The van der Waals surface area contributed by atoms with Crippen LogP contribution in [0.25, 0.3) is 0 Å². The van der Waals surface area contributed by atoms with Gasteiger partial charge in [0.15, 0.2) is 0 Å². The molecule has 36 valence electrons. The molecule has 0 aliphatic carbocycles. The third-order valence-electron chi connectivity index (χ3n) is 1.25. The first-order valence-electron chi connectivity index (χ1n) is 2.97. The van der Waals surface area contributed by atoms with Crippen LogP contribution >= 0.6 is 0 Å². The van der Waals surface area contributed by atoms with E-state index in [0.29, 0.717) is 0 Å². The zero-order valence-electron chi connectivity index (χ0n) is 5.09. The summed E-state index contributed by atoms with van der Waals surface area (Å²) in [7, 11) is 0. The number of benzene rings is 1. The van der Waals surface area contributed by atoms with Gasteiger partial charge in [0.1, 0.15) is 0 Å². The van der Waals surface area contributed by atoms with Crippen molar-refractivity contribution < 1.29 is 0 Å². The SMILES string of the molecule is [K][CH2]c1ccccc1. The van der Waals surface area contributed by atoms with Crippen molar-refractivity contribution >= 4 is 49.0 Å². The Labute approximate surface area is 83.9 Å². The molecule has 0 unspecified atom stereocenters. The van der Waals surface area contributed by atoms with E-state index < -0.39 is 0 Å². The third kappa shape index (κ3) is 2.00. The van der Waals surface area contributed by atoms with E-state index in [4.69, 9.17) is 0 Å². The van der Waals surface area contributed by atoms with Crippen LogP contribution < -0.4 is 0 Å². The first kappa shape index (κ1) is 6.97. The average molecular weight is 130 g/mol. The Kier molecular flexibility index (Phi) is 3.31. The Morgan fingerprint density at radius 1 is 1.12 bits per heavy atom. The van der Waals surface area contributed by atoms with Gasteiger partial charge in [0.05, 0.1) is 0 Å². The Morgan fingerprint density at radius 2 is 1.75 bits per heavy atom. The van der Waals surface area contributed by atoms with Crippen molar-refractivity contribution in [3.63, 3.8) is 0 Å². The number of rotatable bonds is 1. The Morgan fingerprint density at radius 3 is 2.12 bits per heavy atom. The van der Waals surface area contributed by atoms with E-state index in [2.05, 4.69) is 30.3 Å². The molecule has 0 N–H and O–H groups in total. The van der Waals surface area contributed by atoms with E-state index in [9.17, 15) is 0 Å². The molecule has 0 spiro atoms. The summed E-state index contributed by atoms with van der Waals surface area (Å²) in [5, 5.41) is 0. The molecule has 0 bridgehead atoms. The molecule has 1 aromatic carbocycles. The topological polar surface area (TPSA) is 0 Å². The van der Waals surface area contributed by atoms with Gasteiger partial charge in [0.2, 0.25) is 0 Å². The van der Waals surface area contributed by atoms with Crippen molar-refractivity contribution in [2.75, 3.05) is 0 Å². The first-order valence-corrected chi connectivity index (χ1v) is 5.18. The summed E-state index contributed by atoms with van der Waals surface area (Å²) in [6, 6.07) is 10.6. The van der Waals surface area contributed by atoms with E-state index in [0.717, 1.165) is 49.0 Å². The van der Waals surface area contributed by atoms with Gasteiger partial charge >= 0.3 is 85.4 Å².